The molecule has 0 saturated heterocycles. The normalized spacial score (nSPS) is 10.9. The molecule has 0 aliphatic rings. The summed E-state index contributed by atoms with van der Waals surface area (Å²) in [5, 5.41) is 18.2. The van der Waals surface area contributed by atoms with Crippen LogP contribution in [0.3, 0.4) is 0 Å². The molecule has 93 heavy (non-hydrogen) atoms. The Labute approximate surface area is 540 Å². The number of para-hydroxylation sites is 4. The van der Waals surface area contributed by atoms with Crippen LogP contribution in [0.15, 0.2) is 311 Å². The van der Waals surface area contributed by atoms with Crippen molar-refractivity contribution >= 4 is 31.9 Å². The number of aromatic nitrogens is 4. The van der Waals surface area contributed by atoms with E-state index in [1.54, 1.807) is 81.9 Å². The van der Waals surface area contributed by atoms with Crippen molar-refractivity contribution in [2.24, 2.45) is 7.05 Å². The van der Waals surface area contributed by atoms with E-state index in [0.29, 0.717) is 9.79 Å². The number of fused-ring (bicyclic) bond motifs is 2. The summed E-state index contributed by atoms with van der Waals surface area (Å²) in [4.78, 5) is 29.6. The Hall–Kier alpha value is -11.7. The number of aryl methyl sites for hydroxylation is 4. The lowest BCUT2D eigenvalue weighted by Gasteiger charge is -2.10. The van der Waals surface area contributed by atoms with Gasteiger partial charge in [-0.2, -0.15) is 0 Å². The van der Waals surface area contributed by atoms with Crippen molar-refractivity contribution in [1.29, 1.82) is 0 Å². The van der Waals surface area contributed by atoms with Crippen LogP contribution >= 0.6 is 0 Å². The molecule has 0 spiro atoms. The Morgan fingerprint density at radius 3 is 1.04 bits per heavy atom. The zero-order chi connectivity index (χ0) is 64.8. The van der Waals surface area contributed by atoms with Crippen LogP contribution in [-0.4, -0.2) is 37.7 Å². The molecule has 13 heteroatoms. The third-order valence-corrected chi connectivity index (χ3v) is 17.4. The molecule has 12 aromatic carbocycles. The Morgan fingerprint density at radius 1 is 0.366 bits per heavy atom. The molecular formula is C80H68N4O8S. The highest BCUT2D eigenvalue weighted by atomic mass is 32.2. The van der Waals surface area contributed by atoms with Crippen molar-refractivity contribution in [3.8, 4) is 62.4 Å². The number of nitrogens with one attached hydrogen (secondary N) is 2. The number of hydrogen-bond acceptors (Lipinski definition) is 8. The minimum Gasteiger partial charge on any atom is -0.508 e. The fourth-order valence-corrected chi connectivity index (χ4v) is 11.7. The molecule has 0 unspecified atom stereocenters. The zero-order valence-electron chi connectivity index (χ0n) is 51.8. The smallest absolute Gasteiger partial charge is 0.333 e. The molecule has 2 aromatic heterocycles. The maximum Gasteiger partial charge on any atom is 0.333 e. The number of hydrogen-bond donors (Lipinski definition) is 4. The summed E-state index contributed by atoms with van der Waals surface area (Å²) in [6, 6.07) is 92.7. The molecule has 462 valence electrons. The van der Waals surface area contributed by atoms with E-state index in [9.17, 15) is 18.0 Å². The first-order valence-electron chi connectivity index (χ1n) is 30.3. The molecule has 0 fully saturated rings. The molecule has 14 aromatic rings. The Balaban J connectivity index is 0.000000172. The van der Waals surface area contributed by atoms with E-state index in [-0.39, 0.29) is 22.9 Å². The first kappa shape index (κ1) is 62.9. The second-order valence-corrected chi connectivity index (χ2v) is 24.5. The van der Waals surface area contributed by atoms with Crippen molar-refractivity contribution in [3.63, 3.8) is 0 Å². The molecule has 0 radical (unpaired) electrons. The average molecular weight is 1250 g/mol. The molecular weight excluding hydrogens is 1180 g/mol. The molecule has 4 N–H and O–H groups in total. The van der Waals surface area contributed by atoms with Crippen molar-refractivity contribution in [2.45, 2.75) is 43.4 Å². The molecule has 0 aliphatic carbocycles. The minimum atomic E-state index is -3.37. The summed E-state index contributed by atoms with van der Waals surface area (Å²) in [5.41, 5.74) is 16.7. The van der Waals surface area contributed by atoms with Gasteiger partial charge < -0.3 is 29.7 Å². The molecule has 2 heterocycles. The fourth-order valence-electron chi connectivity index (χ4n) is 10.4. The van der Waals surface area contributed by atoms with Crippen LogP contribution in [-0.2, 0) is 29.7 Å². The van der Waals surface area contributed by atoms with Gasteiger partial charge >= 0.3 is 11.4 Å². The molecule has 0 amide bonds. The second kappa shape index (κ2) is 28.9. The fraction of sp³-hybridized carbons (Fsp3) is 0.0750. The predicted molar refractivity (Wildman–Crippen MR) is 372 cm³/mol. The Kier molecular flexibility index (Phi) is 19.5. The van der Waals surface area contributed by atoms with Crippen LogP contribution in [0.4, 0.5) is 0 Å². The number of imidazole rings is 2. The van der Waals surface area contributed by atoms with Gasteiger partial charge in [0.1, 0.15) is 34.5 Å². The number of nitrogens with zero attached hydrogens (tertiary/aromatic N) is 2. The largest absolute Gasteiger partial charge is 0.508 e. The standard InChI is InChI=1S/C47H38N2O3.C14H14O2S.C12H10O2.C7H6N2O/c1-33-7-9-34(10-8-33)31-36-13-23-41(24-14-36)51-43-27-17-38(18-28-43)39-19-29-44(30-20-39)52-42-25-15-37(16-26-42)32-35-11-21-40(22-12-35)49-46-6-4-3-5-45(46)48(2)47(49)50;1-11-3-7-13(8-4-11)17(15,16)14-9-5-12(2)6-10-14;13-11-5-1-9(2-6-11)10-3-7-12(14)8-4-10;10-7-8-5-3-1-2-4-6(5)9-7/h3-30H,31-32H2,1-2H3;3-10H,1-2H3;1-8,13-14H;1-4H,(H2,8,9,10). The maximum absolute atomic E-state index is 12.9. The second-order valence-electron chi connectivity index (χ2n) is 22.6. The van der Waals surface area contributed by atoms with Gasteiger partial charge in [-0.3, -0.25) is 9.13 Å². The van der Waals surface area contributed by atoms with E-state index >= 15 is 0 Å². The van der Waals surface area contributed by atoms with Crippen molar-refractivity contribution < 1.29 is 28.1 Å². The Morgan fingerprint density at radius 2 is 0.667 bits per heavy atom. The first-order chi connectivity index (χ1) is 45.1. The lowest BCUT2D eigenvalue weighted by molar-refractivity contribution is 0.474. The third-order valence-electron chi connectivity index (χ3n) is 15.6. The Bertz CT molecular complexity index is 4870. The summed E-state index contributed by atoms with van der Waals surface area (Å²) >= 11 is 0. The van der Waals surface area contributed by atoms with Crippen LogP contribution in [0, 0.1) is 20.8 Å². The molecule has 0 atom stereocenters. The van der Waals surface area contributed by atoms with Gasteiger partial charge in [0.05, 0.1) is 37.5 Å². The van der Waals surface area contributed by atoms with E-state index in [2.05, 4.69) is 102 Å². The number of sulfone groups is 1. The van der Waals surface area contributed by atoms with Crippen molar-refractivity contribution in [1.82, 2.24) is 19.1 Å². The molecule has 12 nitrogen and oxygen atoms in total. The van der Waals surface area contributed by atoms with Crippen LogP contribution in [0.2, 0.25) is 0 Å². The molecule has 14 rings (SSSR count). The summed E-state index contributed by atoms with van der Waals surface area (Å²) in [6.45, 7) is 5.98. The predicted octanol–water partition coefficient (Wildman–Crippen LogP) is 17.8. The molecule has 0 aliphatic heterocycles. The van der Waals surface area contributed by atoms with Gasteiger partial charge in [0.25, 0.3) is 0 Å². The van der Waals surface area contributed by atoms with E-state index in [1.165, 1.54) is 27.8 Å². The van der Waals surface area contributed by atoms with Gasteiger partial charge in [-0.05, 0) is 212 Å². The summed E-state index contributed by atoms with van der Waals surface area (Å²) in [6.07, 6.45) is 1.69. The van der Waals surface area contributed by atoms with Crippen LogP contribution < -0.4 is 20.9 Å². The van der Waals surface area contributed by atoms with E-state index < -0.39 is 9.84 Å². The van der Waals surface area contributed by atoms with Crippen LogP contribution in [0.1, 0.15) is 38.9 Å². The number of aromatic amines is 2. The molecule has 0 saturated carbocycles. The average Bonchev–Trinajstić information content (AvgIpc) is 1.67. The van der Waals surface area contributed by atoms with E-state index in [1.807, 2.05) is 154 Å². The lowest BCUT2D eigenvalue weighted by Crippen LogP contribution is -2.20. The van der Waals surface area contributed by atoms with E-state index in [0.717, 1.165) is 97.0 Å². The van der Waals surface area contributed by atoms with Gasteiger partial charge in [0.2, 0.25) is 9.84 Å². The van der Waals surface area contributed by atoms with Gasteiger partial charge in [0.15, 0.2) is 0 Å². The number of H-pyrrole nitrogens is 2. The molecule has 0 bridgehead atoms. The number of phenolic OH excluding ortho intramolecular Hbond substituents is 2. The third kappa shape index (κ3) is 16.2. The highest BCUT2D eigenvalue weighted by Gasteiger charge is 2.17. The van der Waals surface area contributed by atoms with Crippen LogP contribution in [0.25, 0.3) is 50.0 Å². The summed E-state index contributed by atoms with van der Waals surface area (Å²) < 4.78 is 40.2. The maximum atomic E-state index is 12.9. The summed E-state index contributed by atoms with van der Waals surface area (Å²) in [5.74, 6) is 3.70. The van der Waals surface area contributed by atoms with Gasteiger partial charge in [0, 0.05) is 7.05 Å². The van der Waals surface area contributed by atoms with Gasteiger partial charge in [-0.1, -0.05) is 174 Å². The number of phenols is 2. The zero-order valence-corrected chi connectivity index (χ0v) is 52.6. The highest BCUT2D eigenvalue weighted by molar-refractivity contribution is 7.91. The van der Waals surface area contributed by atoms with Gasteiger partial charge in [-0.15, -0.1) is 0 Å². The van der Waals surface area contributed by atoms with Crippen LogP contribution in [0.5, 0.6) is 34.5 Å². The van der Waals surface area contributed by atoms with Gasteiger partial charge in [-0.25, -0.2) is 18.0 Å². The lowest BCUT2D eigenvalue weighted by atomic mass is 10.0. The number of ether oxygens (including phenoxy) is 2. The minimum absolute atomic E-state index is 0.0499. The highest BCUT2D eigenvalue weighted by Crippen LogP contribution is 2.31. The van der Waals surface area contributed by atoms with Crippen molar-refractivity contribution in [3.05, 3.63) is 351 Å². The number of benzene rings is 12. The summed E-state index contributed by atoms with van der Waals surface area (Å²) in [7, 11) is -1.56. The monoisotopic (exact) mass is 1240 g/mol. The van der Waals surface area contributed by atoms with E-state index in [4.69, 9.17) is 19.7 Å². The quantitative estimate of drug-likeness (QED) is 0.0884. The first-order valence-corrected chi connectivity index (χ1v) is 31.7. The SMILES string of the molecule is Cc1ccc(Cc2ccc(Oc3ccc(-c4ccc(Oc5ccc(Cc6ccc(-n7c(=O)n(C)c8ccccc87)cc6)cc5)cc4)cc3)cc2)cc1.Cc1ccc(S(=O)(=O)c2ccc(C)cc2)cc1.O=c1[nH]c2ccccc2[nH]1.Oc1ccc(-c2ccc(O)cc2)cc1. The van der Waals surface area contributed by atoms with Crippen molar-refractivity contribution in [2.75, 3.05) is 0 Å². The topological polar surface area (TPSA) is 169 Å². The number of aromatic hydroxyl groups is 2. The number of rotatable bonds is 13.